The van der Waals surface area contributed by atoms with Gasteiger partial charge in [-0.25, -0.2) is 9.24 Å². The third-order valence-corrected chi connectivity index (χ3v) is 9.70. The van der Waals surface area contributed by atoms with Gasteiger partial charge in [-0.15, -0.1) is 0 Å². The van der Waals surface area contributed by atoms with E-state index in [1.54, 1.807) is 10.9 Å². The van der Waals surface area contributed by atoms with Gasteiger partial charge in [0, 0.05) is 12.1 Å². The molecule has 31 heavy (non-hydrogen) atoms. The van der Waals surface area contributed by atoms with Crippen LogP contribution in [-0.4, -0.2) is 32.4 Å². The van der Waals surface area contributed by atoms with Crippen LogP contribution in [0, 0.1) is 47.5 Å². The Labute approximate surface area is 184 Å². The minimum absolute atomic E-state index is 0.00177. The lowest BCUT2D eigenvalue weighted by atomic mass is 9.48. The minimum atomic E-state index is -0.828. The Morgan fingerprint density at radius 2 is 1.97 bits per heavy atom. The number of aliphatic hydroxyl groups is 1. The molecule has 0 saturated heterocycles. The second-order valence-corrected chi connectivity index (χ2v) is 11.4. The fraction of sp³-hybridized carbons (Fsp3) is 0.800. The number of fused-ring (bicyclic) bond motifs is 5. The van der Waals surface area contributed by atoms with E-state index < -0.39 is 11.8 Å². The number of ketones is 1. The molecule has 4 saturated carbocycles. The first kappa shape index (κ1) is 21.1. The fourth-order valence-electron chi connectivity index (χ4n) is 8.30. The fourth-order valence-corrected chi connectivity index (χ4v) is 8.30. The molecule has 168 valence electrons. The topological polar surface area (TPSA) is 59.5 Å². The second kappa shape index (κ2) is 7.40. The highest BCUT2D eigenvalue weighted by Crippen LogP contribution is 2.65. The van der Waals surface area contributed by atoms with E-state index in [0.29, 0.717) is 42.2 Å². The van der Waals surface area contributed by atoms with Crippen molar-refractivity contribution in [1.29, 1.82) is 0 Å². The predicted octanol–water partition coefficient (Wildman–Crippen LogP) is 4.97. The van der Waals surface area contributed by atoms with Crippen LogP contribution in [0.5, 0.6) is 0 Å². The van der Waals surface area contributed by atoms with Gasteiger partial charge in [-0.3, -0.25) is 9.48 Å². The summed E-state index contributed by atoms with van der Waals surface area (Å²) in [7, 11) is 0. The summed E-state index contributed by atoms with van der Waals surface area (Å²) in [6, 6.07) is 0. The lowest BCUT2D eigenvalue weighted by Crippen LogP contribution is -2.54. The average molecular weight is 428 g/mol. The summed E-state index contributed by atoms with van der Waals surface area (Å²) in [6.45, 7) is 11.5. The van der Waals surface area contributed by atoms with Crippen molar-refractivity contribution >= 4 is 11.5 Å². The van der Waals surface area contributed by atoms with Gasteiger partial charge >= 0.3 is 0 Å². The van der Waals surface area contributed by atoms with Crippen molar-refractivity contribution in [3.8, 4) is 0 Å². The highest BCUT2D eigenvalue weighted by atomic mass is 19.1. The minimum Gasteiger partial charge on any atom is -0.390 e. The molecule has 1 heterocycles. The molecule has 0 aliphatic heterocycles. The molecule has 4 aliphatic rings. The molecule has 0 bridgehead atoms. The average Bonchev–Trinajstić information content (AvgIpc) is 3.31. The van der Waals surface area contributed by atoms with E-state index in [9.17, 15) is 9.90 Å². The summed E-state index contributed by atoms with van der Waals surface area (Å²) in [5.74, 6) is 1.94. The first-order chi connectivity index (χ1) is 14.7. The van der Waals surface area contributed by atoms with E-state index >= 15 is 4.39 Å². The summed E-state index contributed by atoms with van der Waals surface area (Å²) in [5.41, 5.74) is -0.312. The van der Waals surface area contributed by atoms with E-state index in [4.69, 9.17) is 6.57 Å². The molecular formula is C25H34FN3O2. The lowest BCUT2D eigenvalue weighted by Gasteiger charge is -2.57. The third kappa shape index (κ3) is 3.44. The van der Waals surface area contributed by atoms with Crippen LogP contribution in [0.4, 0.5) is 10.1 Å². The van der Waals surface area contributed by atoms with E-state index in [0.717, 1.165) is 38.5 Å². The van der Waals surface area contributed by atoms with E-state index in [1.807, 2.05) is 6.92 Å². The molecular weight excluding hydrogens is 393 g/mol. The third-order valence-electron chi connectivity index (χ3n) is 9.70. The van der Waals surface area contributed by atoms with E-state index in [1.165, 1.54) is 6.20 Å². The lowest BCUT2D eigenvalue weighted by molar-refractivity contribution is -0.139. The molecule has 5 rings (SSSR count). The Balaban J connectivity index is 1.33. The van der Waals surface area contributed by atoms with Gasteiger partial charge in [-0.05, 0) is 93.3 Å². The SMILES string of the molecule is [C-]#[N+]c1cnn(CC(=O)[C@H]2CC[C@H]3[C@@H]4C[C@@H](F)[C@H]5C[C@](C)(O)CC[C@@H]5[C@H]4CC[C@]23C)c1. The van der Waals surface area contributed by atoms with Gasteiger partial charge in [-0.2, -0.15) is 5.10 Å². The number of aromatic nitrogens is 2. The first-order valence-corrected chi connectivity index (χ1v) is 12.0. The molecule has 1 aromatic rings. The van der Waals surface area contributed by atoms with Gasteiger partial charge in [0.15, 0.2) is 5.78 Å². The Bertz CT molecular complexity index is 905. The van der Waals surface area contributed by atoms with Crippen LogP contribution in [0.2, 0.25) is 0 Å². The number of rotatable bonds is 3. The molecule has 4 aliphatic carbocycles. The maximum Gasteiger partial charge on any atom is 0.224 e. The first-order valence-electron chi connectivity index (χ1n) is 12.0. The molecule has 9 atom stereocenters. The number of halogens is 1. The van der Waals surface area contributed by atoms with Crippen molar-refractivity contribution in [3.63, 3.8) is 0 Å². The molecule has 6 heteroatoms. The van der Waals surface area contributed by atoms with Crippen LogP contribution in [0.25, 0.3) is 4.85 Å². The number of nitrogens with zero attached hydrogens (tertiary/aromatic N) is 3. The van der Waals surface area contributed by atoms with Gasteiger partial charge in [0.25, 0.3) is 0 Å². The smallest absolute Gasteiger partial charge is 0.224 e. The summed E-state index contributed by atoms with van der Waals surface area (Å²) < 4.78 is 17.0. The molecule has 0 spiro atoms. The van der Waals surface area contributed by atoms with Gasteiger partial charge in [-0.1, -0.05) is 6.92 Å². The second-order valence-electron chi connectivity index (χ2n) is 11.4. The van der Waals surface area contributed by atoms with Crippen molar-refractivity contribution in [1.82, 2.24) is 9.78 Å². The summed E-state index contributed by atoms with van der Waals surface area (Å²) in [4.78, 5) is 16.6. The number of hydrogen-bond donors (Lipinski definition) is 1. The van der Waals surface area contributed by atoms with Crippen LogP contribution in [0.15, 0.2) is 12.4 Å². The van der Waals surface area contributed by atoms with Crippen LogP contribution >= 0.6 is 0 Å². The zero-order valence-corrected chi connectivity index (χ0v) is 18.6. The molecule has 0 aromatic carbocycles. The normalized spacial score (nSPS) is 46.5. The highest BCUT2D eigenvalue weighted by Gasteiger charge is 2.60. The maximum atomic E-state index is 15.4. The van der Waals surface area contributed by atoms with Gasteiger partial charge in [0.1, 0.15) is 6.17 Å². The van der Waals surface area contributed by atoms with Crippen molar-refractivity contribution in [2.45, 2.75) is 83.5 Å². The van der Waals surface area contributed by atoms with Crippen molar-refractivity contribution < 1.29 is 14.3 Å². The summed E-state index contributed by atoms with van der Waals surface area (Å²) >= 11 is 0. The molecule has 0 amide bonds. The summed E-state index contributed by atoms with van der Waals surface area (Å²) in [6.07, 6.45) is 9.28. The standard InChI is InChI=1S/C25H34FN3O2/c1-24(31)8-6-17-16-7-9-25(2)20(18(16)10-22(26)19(17)11-24)4-5-21(25)23(30)14-29-13-15(27-3)12-28-29/h12-13,16-22,31H,4-11,14H2,1-2H3/t16-,17-,18-,19+,20+,21-,22-,24-,25+/m1/s1. The van der Waals surface area contributed by atoms with Crippen LogP contribution < -0.4 is 0 Å². The number of carbonyl (C=O) groups excluding carboxylic acids is 1. The van der Waals surface area contributed by atoms with Gasteiger partial charge < -0.3 is 5.11 Å². The molecule has 5 nitrogen and oxygen atoms in total. The van der Waals surface area contributed by atoms with Crippen LogP contribution in [0.1, 0.15) is 65.2 Å². The van der Waals surface area contributed by atoms with Crippen molar-refractivity contribution in [2.24, 2.45) is 40.9 Å². The highest BCUT2D eigenvalue weighted by molar-refractivity contribution is 5.82. The quantitative estimate of drug-likeness (QED) is 0.693. The zero-order chi connectivity index (χ0) is 22.0. The number of carbonyl (C=O) groups is 1. The Hall–Kier alpha value is -1.74. The Morgan fingerprint density at radius 3 is 2.71 bits per heavy atom. The van der Waals surface area contributed by atoms with E-state index in [-0.39, 0.29) is 29.6 Å². The molecule has 1 aromatic heterocycles. The number of Topliss-reactive ketones (excluding diaryl/α,β-unsaturated/α-hetero) is 1. The molecule has 4 fully saturated rings. The van der Waals surface area contributed by atoms with Crippen LogP contribution in [-0.2, 0) is 11.3 Å². The molecule has 0 unspecified atom stereocenters. The molecule has 0 radical (unpaired) electrons. The largest absolute Gasteiger partial charge is 0.390 e. The predicted molar refractivity (Wildman–Crippen MR) is 115 cm³/mol. The maximum absolute atomic E-state index is 15.4. The van der Waals surface area contributed by atoms with Crippen LogP contribution in [0.3, 0.4) is 0 Å². The zero-order valence-electron chi connectivity index (χ0n) is 18.6. The number of hydrogen-bond acceptors (Lipinski definition) is 3. The van der Waals surface area contributed by atoms with E-state index in [2.05, 4.69) is 16.9 Å². The molecule has 1 N–H and O–H groups in total. The van der Waals surface area contributed by atoms with Crippen molar-refractivity contribution in [2.75, 3.05) is 0 Å². The monoisotopic (exact) mass is 427 g/mol. The Kier molecular flexibility index (Phi) is 5.04. The van der Waals surface area contributed by atoms with Gasteiger partial charge in [0.05, 0.1) is 24.9 Å². The number of alkyl halides is 1. The van der Waals surface area contributed by atoms with Gasteiger partial charge in [0.2, 0.25) is 5.69 Å². The Morgan fingerprint density at radius 1 is 1.23 bits per heavy atom. The van der Waals surface area contributed by atoms with Crippen molar-refractivity contribution in [3.05, 3.63) is 23.8 Å². The summed E-state index contributed by atoms with van der Waals surface area (Å²) in [5, 5.41) is 14.7.